The first kappa shape index (κ1) is 15.8. The molecule has 2 N–H and O–H groups in total. The average Bonchev–Trinajstić information content (AvgIpc) is 2.42. The van der Waals surface area contributed by atoms with Crippen molar-refractivity contribution in [3.8, 4) is 0 Å². The Morgan fingerprint density at radius 3 is 2.71 bits per heavy atom. The third-order valence-corrected chi connectivity index (χ3v) is 3.42. The molecule has 0 saturated carbocycles. The molecule has 5 nitrogen and oxygen atoms in total. The van der Waals surface area contributed by atoms with Crippen LogP contribution in [-0.4, -0.2) is 53.1 Å². The molecular weight excluding hydrogens is 284 g/mol. The molecule has 1 aliphatic heterocycles. The predicted molar refractivity (Wildman–Crippen MR) is 69.2 cm³/mol. The molecule has 1 aromatic carbocycles. The van der Waals surface area contributed by atoms with Crippen molar-refractivity contribution < 1.29 is 28.5 Å². The number of nitrogens with zero attached hydrogens (tertiary/aromatic N) is 1. The fourth-order valence-electron chi connectivity index (χ4n) is 2.24. The van der Waals surface area contributed by atoms with Crippen LogP contribution in [0, 0.1) is 11.6 Å². The fourth-order valence-corrected chi connectivity index (χ4v) is 2.24. The number of aliphatic hydroxyl groups is 2. The van der Waals surface area contributed by atoms with E-state index in [9.17, 15) is 23.8 Å². The van der Waals surface area contributed by atoms with Crippen LogP contribution < -0.4 is 0 Å². The van der Waals surface area contributed by atoms with E-state index in [0.29, 0.717) is 5.56 Å². The maximum atomic E-state index is 13.1. The van der Waals surface area contributed by atoms with Gasteiger partial charge in [0.2, 0.25) is 5.91 Å². The van der Waals surface area contributed by atoms with Gasteiger partial charge in [-0.05, 0) is 17.7 Å². The quantitative estimate of drug-likeness (QED) is 0.849. The van der Waals surface area contributed by atoms with Gasteiger partial charge in [0.15, 0.2) is 17.9 Å². The molecule has 0 aromatic heterocycles. The Hall–Kier alpha value is -1.57. The lowest BCUT2D eigenvalue weighted by Crippen LogP contribution is -2.52. The second kappa shape index (κ2) is 6.46. The summed E-state index contributed by atoms with van der Waals surface area (Å²) in [6, 6.07) is 3.25. The van der Waals surface area contributed by atoms with Crippen molar-refractivity contribution >= 4 is 5.91 Å². The molecule has 7 heteroatoms. The molecule has 0 radical (unpaired) electrons. The highest BCUT2D eigenvalue weighted by atomic mass is 19.2. The molecule has 1 aromatic rings. The molecular formula is C14H17F2NO4. The molecule has 1 heterocycles. The van der Waals surface area contributed by atoms with Crippen LogP contribution in [0.15, 0.2) is 18.2 Å². The molecule has 0 aliphatic carbocycles. The van der Waals surface area contributed by atoms with Crippen LogP contribution in [-0.2, 0) is 16.0 Å². The minimum atomic E-state index is -1.01. The number of hydrogen-bond acceptors (Lipinski definition) is 4. The van der Waals surface area contributed by atoms with Gasteiger partial charge in [-0.1, -0.05) is 6.07 Å². The van der Waals surface area contributed by atoms with Crippen molar-refractivity contribution in [2.45, 2.75) is 31.3 Å². The Balaban J connectivity index is 2.00. The van der Waals surface area contributed by atoms with Crippen LogP contribution in [0.2, 0.25) is 0 Å². The number of carbonyl (C=O) groups is 1. The van der Waals surface area contributed by atoms with Gasteiger partial charge in [0.1, 0.15) is 6.10 Å². The molecule has 0 spiro atoms. The number of aliphatic hydroxyl groups excluding tert-OH is 2. The minimum absolute atomic E-state index is 0.0323. The van der Waals surface area contributed by atoms with E-state index in [-0.39, 0.29) is 19.4 Å². The summed E-state index contributed by atoms with van der Waals surface area (Å²) >= 11 is 0. The number of ether oxygens (including phenoxy) is 1. The number of halogens is 2. The highest BCUT2D eigenvalue weighted by Crippen LogP contribution is 2.18. The van der Waals surface area contributed by atoms with Crippen LogP contribution in [0.1, 0.15) is 12.0 Å². The first-order valence-corrected chi connectivity index (χ1v) is 6.56. The number of likely N-dealkylation sites (N-methyl/N-ethyl adjacent to an activating group) is 1. The van der Waals surface area contributed by atoms with E-state index in [4.69, 9.17) is 4.74 Å². The summed E-state index contributed by atoms with van der Waals surface area (Å²) in [6.45, 7) is 0.0323. The number of hydrogen-bond donors (Lipinski definition) is 2. The number of benzene rings is 1. The van der Waals surface area contributed by atoms with E-state index < -0.39 is 36.0 Å². The van der Waals surface area contributed by atoms with Crippen LogP contribution in [0.5, 0.6) is 0 Å². The Morgan fingerprint density at radius 2 is 2.10 bits per heavy atom. The highest BCUT2D eigenvalue weighted by molar-refractivity contribution is 5.78. The van der Waals surface area contributed by atoms with Crippen LogP contribution >= 0.6 is 0 Å². The van der Waals surface area contributed by atoms with Crippen molar-refractivity contribution in [1.29, 1.82) is 0 Å². The molecule has 0 unspecified atom stereocenters. The van der Waals surface area contributed by atoms with Gasteiger partial charge in [0.05, 0.1) is 19.1 Å². The molecule has 1 saturated heterocycles. The maximum absolute atomic E-state index is 13.1. The van der Waals surface area contributed by atoms with E-state index in [1.165, 1.54) is 18.0 Å². The summed E-state index contributed by atoms with van der Waals surface area (Å²) in [6.07, 6.45) is -2.62. The summed E-state index contributed by atoms with van der Waals surface area (Å²) in [5.74, 6) is -2.39. The molecule has 0 bridgehead atoms. The van der Waals surface area contributed by atoms with Gasteiger partial charge >= 0.3 is 0 Å². The first-order valence-electron chi connectivity index (χ1n) is 6.56. The molecule has 3 atom stereocenters. The van der Waals surface area contributed by atoms with Gasteiger partial charge in [-0.25, -0.2) is 8.78 Å². The molecule has 1 fully saturated rings. The summed E-state index contributed by atoms with van der Waals surface area (Å²) in [5, 5.41) is 19.2. The summed E-state index contributed by atoms with van der Waals surface area (Å²) in [5.41, 5.74) is 0.330. The lowest BCUT2D eigenvalue weighted by atomic mass is 10.1. The third kappa shape index (κ3) is 3.75. The zero-order valence-corrected chi connectivity index (χ0v) is 11.5. The molecule has 1 amide bonds. The van der Waals surface area contributed by atoms with E-state index in [0.717, 1.165) is 12.1 Å². The second-order valence-corrected chi connectivity index (χ2v) is 5.11. The lowest BCUT2D eigenvalue weighted by molar-refractivity contribution is -0.185. The summed E-state index contributed by atoms with van der Waals surface area (Å²) in [4.78, 5) is 13.3. The monoisotopic (exact) mass is 301 g/mol. The zero-order chi connectivity index (χ0) is 15.6. The van der Waals surface area contributed by atoms with E-state index in [1.54, 1.807) is 0 Å². The van der Waals surface area contributed by atoms with E-state index >= 15 is 0 Å². The molecule has 1 aliphatic rings. The van der Waals surface area contributed by atoms with E-state index in [1.807, 2.05) is 0 Å². The SMILES string of the molecule is CN(C(=O)Cc1ccc(F)c(F)c1)[C@@H]1OC[C@H](O)C[C@H]1O. The Kier molecular flexibility index (Phi) is 4.87. The van der Waals surface area contributed by atoms with Gasteiger partial charge in [-0.3, -0.25) is 4.79 Å². The molecule has 2 rings (SSSR count). The smallest absolute Gasteiger partial charge is 0.228 e. The van der Waals surface area contributed by atoms with E-state index in [2.05, 4.69) is 0 Å². The van der Waals surface area contributed by atoms with Crippen LogP contribution in [0.4, 0.5) is 8.78 Å². The van der Waals surface area contributed by atoms with Crippen LogP contribution in [0.25, 0.3) is 0 Å². The standard InChI is InChI=1S/C14H17F2NO4/c1-17(14-12(19)6-9(18)7-21-14)13(20)5-8-2-3-10(15)11(16)4-8/h2-4,9,12,14,18-19H,5-7H2,1H3/t9-,12-,14-/m1/s1. The second-order valence-electron chi connectivity index (χ2n) is 5.11. The van der Waals surface area contributed by atoms with Crippen molar-refractivity contribution in [3.05, 3.63) is 35.4 Å². The minimum Gasteiger partial charge on any atom is -0.391 e. The Bertz CT molecular complexity index is 526. The highest BCUT2D eigenvalue weighted by Gasteiger charge is 2.33. The van der Waals surface area contributed by atoms with Gasteiger partial charge in [0, 0.05) is 13.5 Å². The molecule has 116 valence electrons. The summed E-state index contributed by atoms with van der Waals surface area (Å²) in [7, 11) is 1.45. The van der Waals surface area contributed by atoms with Crippen molar-refractivity contribution in [2.24, 2.45) is 0 Å². The van der Waals surface area contributed by atoms with Crippen molar-refractivity contribution in [2.75, 3.05) is 13.7 Å². The van der Waals surface area contributed by atoms with Gasteiger partial charge in [0.25, 0.3) is 0 Å². The normalized spacial score (nSPS) is 25.7. The fraction of sp³-hybridized carbons (Fsp3) is 0.500. The predicted octanol–water partition coefficient (Wildman–Crippen LogP) is 0.434. The van der Waals surface area contributed by atoms with Crippen LogP contribution in [0.3, 0.4) is 0 Å². The Morgan fingerprint density at radius 1 is 1.38 bits per heavy atom. The average molecular weight is 301 g/mol. The number of carbonyl (C=O) groups excluding carboxylic acids is 1. The van der Waals surface area contributed by atoms with Gasteiger partial charge < -0.3 is 19.8 Å². The maximum Gasteiger partial charge on any atom is 0.228 e. The third-order valence-electron chi connectivity index (χ3n) is 3.42. The topological polar surface area (TPSA) is 70.0 Å². The summed E-state index contributed by atoms with van der Waals surface area (Å²) < 4.78 is 31.2. The largest absolute Gasteiger partial charge is 0.391 e. The van der Waals surface area contributed by atoms with Gasteiger partial charge in [-0.15, -0.1) is 0 Å². The van der Waals surface area contributed by atoms with Crippen molar-refractivity contribution in [3.63, 3.8) is 0 Å². The number of amides is 1. The first-order chi connectivity index (χ1) is 9.88. The lowest BCUT2D eigenvalue weighted by Gasteiger charge is -2.36. The Labute approximate surface area is 120 Å². The van der Waals surface area contributed by atoms with Crippen molar-refractivity contribution in [1.82, 2.24) is 4.90 Å². The zero-order valence-electron chi connectivity index (χ0n) is 11.5. The van der Waals surface area contributed by atoms with Gasteiger partial charge in [-0.2, -0.15) is 0 Å². The molecule has 21 heavy (non-hydrogen) atoms. The number of rotatable bonds is 3.